The third kappa shape index (κ3) is 4.36. The summed E-state index contributed by atoms with van der Waals surface area (Å²) in [7, 11) is 1.28. The van der Waals surface area contributed by atoms with Gasteiger partial charge in [-0.05, 0) is 43.4 Å². The molecule has 1 saturated carbocycles. The van der Waals surface area contributed by atoms with Crippen LogP contribution >= 0.6 is 0 Å². The molecular formula is C17H17F4NO4. The Morgan fingerprint density at radius 2 is 1.73 bits per heavy atom. The number of methoxy groups -OCH3 is 1. The first-order chi connectivity index (χ1) is 12.3. The van der Waals surface area contributed by atoms with Crippen molar-refractivity contribution in [3.8, 4) is 17.6 Å². The number of nitrogens with zero attached hydrogens (tertiary/aromatic N) is 1. The molecule has 1 aliphatic carbocycles. The fraction of sp³-hybridized carbons (Fsp3) is 0.529. The highest BCUT2D eigenvalue weighted by molar-refractivity contribution is 5.72. The van der Waals surface area contributed by atoms with Crippen molar-refractivity contribution < 1.29 is 36.6 Å². The van der Waals surface area contributed by atoms with Crippen LogP contribution < -0.4 is 9.47 Å². The van der Waals surface area contributed by atoms with Gasteiger partial charge in [-0.3, -0.25) is 4.79 Å². The SMILES string of the molecule is COC(=O)[C@H]1CC[C@](C#N)(c2ccc(OC(F)F)c(OC(F)F)c2)CC1. The summed E-state index contributed by atoms with van der Waals surface area (Å²) >= 11 is 0. The van der Waals surface area contributed by atoms with E-state index in [9.17, 15) is 27.6 Å². The third-order valence-electron chi connectivity index (χ3n) is 4.52. The molecule has 1 fully saturated rings. The Labute approximate surface area is 147 Å². The minimum absolute atomic E-state index is 0.298. The first-order valence-corrected chi connectivity index (χ1v) is 7.84. The highest BCUT2D eigenvalue weighted by Gasteiger charge is 2.40. The zero-order valence-corrected chi connectivity index (χ0v) is 13.9. The lowest BCUT2D eigenvalue weighted by Gasteiger charge is -2.34. The first-order valence-electron chi connectivity index (χ1n) is 7.84. The van der Waals surface area contributed by atoms with E-state index in [2.05, 4.69) is 15.5 Å². The molecule has 0 bridgehead atoms. The van der Waals surface area contributed by atoms with Crippen LogP contribution in [0.5, 0.6) is 11.5 Å². The van der Waals surface area contributed by atoms with E-state index in [1.165, 1.54) is 13.2 Å². The number of carbonyl (C=O) groups excluding carboxylic acids is 1. The van der Waals surface area contributed by atoms with Crippen LogP contribution in [0, 0.1) is 17.2 Å². The molecule has 142 valence electrons. The van der Waals surface area contributed by atoms with Gasteiger partial charge in [-0.25, -0.2) is 0 Å². The quantitative estimate of drug-likeness (QED) is 0.555. The average Bonchev–Trinajstić information content (AvgIpc) is 2.61. The van der Waals surface area contributed by atoms with Gasteiger partial charge in [-0.1, -0.05) is 6.07 Å². The predicted octanol–water partition coefficient (Wildman–Crippen LogP) is 4.01. The van der Waals surface area contributed by atoms with Crippen LogP contribution in [0.15, 0.2) is 18.2 Å². The van der Waals surface area contributed by atoms with Gasteiger partial charge in [0.15, 0.2) is 11.5 Å². The minimum atomic E-state index is -3.24. The van der Waals surface area contributed by atoms with Crippen molar-refractivity contribution in [3.05, 3.63) is 23.8 Å². The molecule has 0 aromatic heterocycles. The number of alkyl halides is 4. The van der Waals surface area contributed by atoms with Crippen molar-refractivity contribution in [2.45, 2.75) is 44.3 Å². The predicted molar refractivity (Wildman–Crippen MR) is 81.0 cm³/mol. The summed E-state index contributed by atoms with van der Waals surface area (Å²) in [6.07, 6.45) is 1.37. The zero-order valence-electron chi connectivity index (χ0n) is 13.9. The van der Waals surface area contributed by atoms with Crippen molar-refractivity contribution in [2.75, 3.05) is 7.11 Å². The Kier molecular flexibility index (Phi) is 6.29. The van der Waals surface area contributed by atoms with Gasteiger partial charge in [0.2, 0.25) is 0 Å². The molecule has 0 heterocycles. The lowest BCUT2D eigenvalue weighted by atomic mass is 9.67. The van der Waals surface area contributed by atoms with Crippen LogP contribution in [0.3, 0.4) is 0 Å². The van der Waals surface area contributed by atoms with Crippen molar-refractivity contribution in [3.63, 3.8) is 0 Å². The number of esters is 1. The van der Waals surface area contributed by atoms with Crippen molar-refractivity contribution in [1.29, 1.82) is 5.26 Å². The monoisotopic (exact) mass is 375 g/mol. The summed E-state index contributed by atoms with van der Waals surface area (Å²) in [5, 5.41) is 9.66. The minimum Gasteiger partial charge on any atom is -0.469 e. The Morgan fingerprint density at radius 3 is 2.23 bits per heavy atom. The number of hydrogen-bond donors (Lipinski definition) is 0. The van der Waals surface area contributed by atoms with E-state index in [1.807, 2.05) is 0 Å². The molecule has 2 rings (SSSR count). The maximum absolute atomic E-state index is 12.6. The van der Waals surface area contributed by atoms with Gasteiger partial charge in [-0.15, -0.1) is 0 Å². The molecule has 1 aromatic carbocycles. The Morgan fingerprint density at radius 1 is 1.15 bits per heavy atom. The average molecular weight is 375 g/mol. The second kappa shape index (κ2) is 8.25. The van der Waals surface area contributed by atoms with Crippen LogP contribution in [0.2, 0.25) is 0 Å². The molecule has 0 spiro atoms. The van der Waals surface area contributed by atoms with E-state index >= 15 is 0 Å². The number of benzene rings is 1. The van der Waals surface area contributed by atoms with Crippen molar-refractivity contribution in [2.24, 2.45) is 5.92 Å². The van der Waals surface area contributed by atoms with Crippen LogP contribution in [-0.2, 0) is 14.9 Å². The van der Waals surface area contributed by atoms with Gasteiger partial charge in [0.25, 0.3) is 0 Å². The maximum atomic E-state index is 12.6. The lowest BCUT2D eigenvalue weighted by Crippen LogP contribution is -2.33. The molecule has 26 heavy (non-hydrogen) atoms. The summed E-state index contributed by atoms with van der Waals surface area (Å²) in [6.45, 7) is -6.44. The number of rotatable bonds is 6. The van der Waals surface area contributed by atoms with Gasteiger partial charge >= 0.3 is 19.2 Å². The number of ether oxygens (including phenoxy) is 3. The number of carbonyl (C=O) groups is 1. The molecule has 1 aliphatic rings. The van der Waals surface area contributed by atoms with Crippen LogP contribution in [0.1, 0.15) is 31.2 Å². The van der Waals surface area contributed by atoms with Crippen molar-refractivity contribution in [1.82, 2.24) is 0 Å². The molecule has 1 aromatic rings. The van der Waals surface area contributed by atoms with Crippen molar-refractivity contribution >= 4 is 5.97 Å². The maximum Gasteiger partial charge on any atom is 0.387 e. The summed E-state index contributed by atoms with van der Waals surface area (Å²) in [4.78, 5) is 11.6. The second-order valence-electron chi connectivity index (χ2n) is 5.91. The molecule has 5 nitrogen and oxygen atoms in total. The van der Waals surface area contributed by atoms with E-state index in [-0.39, 0.29) is 11.9 Å². The summed E-state index contributed by atoms with van der Waals surface area (Å²) in [5.41, 5.74) is -0.686. The molecule has 9 heteroatoms. The van der Waals surface area contributed by atoms with E-state index in [0.717, 1.165) is 12.1 Å². The van der Waals surface area contributed by atoms with Gasteiger partial charge in [0, 0.05) is 0 Å². The molecule has 0 unspecified atom stereocenters. The molecule has 0 amide bonds. The van der Waals surface area contributed by atoms with E-state index in [1.54, 1.807) is 0 Å². The van der Waals surface area contributed by atoms with Gasteiger partial charge in [0.1, 0.15) is 0 Å². The van der Waals surface area contributed by atoms with E-state index < -0.39 is 30.1 Å². The highest BCUT2D eigenvalue weighted by Crippen LogP contribution is 2.44. The summed E-state index contributed by atoms with van der Waals surface area (Å²) < 4.78 is 63.2. The van der Waals surface area contributed by atoms with Gasteiger partial charge < -0.3 is 14.2 Å². The summed E-state index contributed by atoms with van der Waals surface area (Å²) in [5.74, 6) is -1.80. The lowest BCUT2D eigenvalue weighted by molar-refractivity contribution is -0.146. The van der Waals surface area contributed by atoms with Crippen LogP contribution in [0.25, 0.3) is 0 Å². The van der Waals surface area contributed by atoms with Crippen LogP contribution in [-0.4, -0.2) is 26.3 Å². The van der Waals surface area contributed by atoms with Gasteiger partial charge in [-0.2, -0.15) is 22.8 Å². The largest absolute Gasteiger partial charge is 0.469 e. The van der Waals surface area contributed by atoms with Crippen LogP contribution in [0.4, 0.5) is 17.6 Å². The first kappa shape index (κ1) is 19.8. The normalized spacial score (nSPS) is 22.8. The highest BCUT2D eigenvalue weighted by atomic mass is 19.3. The fourth-order valence-corrected chi connectivity index (χ4v) is 3.17. The number of halogens is 4. The fourth-order valence-electron chi connectivity index (χ4n) is 3.17. The Bertz CT molecular complexity index is 682. The topological polar surface area (TPSA) is 68.6 Å². The molecule has 0 atom stereocenters. The molecule has 0 saturated heterocycles. The van der Waals surface area contributed by atoms with E-state index in [0.29, 0.717) is 31.2 Å². The molecular weight excluding hydrogens is 358 g/mol. The summed E-state index contributed by atoms with van der Waals surface area (Å²) in [6, 6.07) is 5.73. The van der Waals surface area contributed by atoms with E-state index in [4.69, 9.17) is 4.74 Å². The zero-order chi connectivity index (χ0) is 19.3. The Hall–Kier alpha value is -2.50. The second-order valence-corrected chi connectivity index (χ2v) is 5.91. The Balaban J connectivity index is 2.31. The molecule has 0 radical (unpaired) electrons. The smallest absolute Gasteiger partial charge is 0.387 e. The number of hydrogen-bond acceptors (Lipinski definition) is 5. The third-order valence-corrected chi connectivity index (χ3v) is 4.52. The number of nitriles is 1. The molecule has 0 N–H and O–H groups in total. The van der Waals surface area contributed by atoms with Gasteiger partial charge in [0.05, 0.1) is 24.5 Å². The molecule has 0 aliphatic heterocycles. The standard InChI is InChI=1S/C17H17F4NO4/c1-24-14(23)10-4-6-17(9-22,7-5-10)11-2-3-12(25-15(18)19)13(8-11)26-16(20)21/h2-3,8,10,15-16H,4-7H2,1H3/t10-,17-.